The molecule has 3 rings (SSSR count). The Morgan fingerprint density at radius 1 is 1.37 bits per heavy atom. The molecule has 0 radical (unpaired) electrons. The molecular formula is C18H20F2N2O5. The Labute approximate surface area is 154 Å². The molecule has 2 amide bonds. The van der Waals surface area contributed by atoms with Gasteiger partial charge in [0.05, 0.1) is 18.2 Å². The Bertz CT molecular complexity index is 787. The molecule has 1 aromatic rings. The normalized spacial score (nSPS) is 25.3. The summed E-state index contributed by atoms with van der Waals surface area (Å²) in [6.45, 7) is 0.221. The van der Waals surface area contributed by atoms with Crippen LogP contribution in [-0.4, -0.2) is 61.1 Å². The largest absolute Gasteiger partial charge is 0.481 e. The molecule has 0 bridgehead atoms. The molecule has 0 aliphatic carbocycles. The van der Waals surface area contributed by atoms with E-state index in [2.05, 4.69) is 0 Å². The van der Waals surface area contributed by atoms with Crippen LogP contribution in [0.4, 0.5) is 14.5 Å². The van der Waals surface area contributed by atoms with Crippen molar-refractivity contribution < 1.29 is 33.0 Å². The lowest BCUT2D eigenvalue weighted by Crippen LogP contribution is -2.42. The van der Waals surface area contributed by atoms with Crippen molar-refractivity contribution in [1.82, 2.24) is 4.90 Å². The Kier molecular flexibility index (Phi) is 5.14. The molecule has 7 nitrogen and oxygen atoms in total. The number of rotatable bonds is 5. The predicted octanol–water partition coefficient (Wildman–Crippen LogP) is 1.27. The van der Waals surface area contributed by atoms with Crippen molar-refractivity contribution in [2.45, 2.75) is 12.8 Å². The number of benzene rings is 1. The van der Waals surface area contributed by atoms with Gasteiger partial charge in [-0.05, 0) is 18.6 Å². The molecule has 1 N–H and O–H groups in total. The highest BCUT2D eigenvalue weighted by molar-refractivity contribution is 6.00. The Hall–Kier alpha value is -2.55. The van der Waals surface area contributed by atoms with Crippen LogP contribution >= 0.6 is 0 Å². The van der Waals surface area contributed by atoms with Gasteiger partial charge in [-0.3, -0.25) is 14.4 Å². The molecule has 27 heavy (non-hydrogen) atoms. The number of anilines is 1. The molecule has 0 spiro atoms. The highest BCUT2D eigenvalue weighted by Gasteiger charge is 2.48. The highest BCUT2D eigenvalue weighted by Crippen LogP contribution is 2.34. The van der Waals surface area contributed by atoms with E-state index in [0.29, 0.717) is 6.07 Å². The van der Waals surface area contributed by atoms with Crippen LogP contribution in [0.5, 0.6) is 0 Å². The molecule has 2 heterocycles. The van der Waals surface area contributed by atoms with Crippen molar-refractivity contribution in [1.29, 1.82) is 0 Å². The zero-order chi connectivity index (χ0) is 19.8. The summed E-state index contributed by atoms with van der Waals surface area (Å²) >= 11 is 0. The topological polar surface area (TPSA) is 87.1 Å². The van der Waals surface area contributed by atoms with Gasteiger partial charge in [0, 0.05) is 39.2 Å². The summed E-state index contributed by atoms with van der Waals surface area (Å²) < 4.78 is 32.1. The smallest absolute Gasteiger partial charge is 0.313 e. The number of carboxylic acids is 1. The van der Waals surface area contributed by atoms with E-state index in [1.165, 1.54) is 18.1 Å². The summed E-state index contributed by atoms with van der Waals surface area (Å²) in [7, 11) is 1.40. The fourth-order valence-electron chi connectivity index (χ4n) is 3.76. The second-order valence-electron chi connectivity index (χ2n) is 7.03. The molecule has 2 unspecified atom stereocenters. The van der Waals surface area contributed by atoms with Gasteiger partial charge in [0.15, 0.2) is 0 Å². The molecule has 1 aromatic carbocycles. The minimum Gasteiger partial charge on any atom is -0.481 e. The summed E-state index contributed by atoms with van der Waals surface area (Å²) in [4.78, 5) is 39.2. The first kappa shape index (κ1) is 19.2. The molecule has 2 atom stereocenters. The molecule has 146 valence electrons. The standard InChI is InChI=1S/C18H20F2N2O5/c1-27-10-18(17(25)26)4-5-21(9-18)16(24)11-6-15(23)22(8-11)14-3-2-12(19)7-13(14)20/h2-3,7,11H,4-6,8-10H2,1H3,(H,25,26). The third-order valence-electron chi connectivity index (χ3n) is 5.21. The first-order chi connectivity index (χ1) is 12.8. The molecule has 0 aromatic heterocycles. The van der Waals surface area contributed by atoms with Crippen molar-refractivity contribution in [3.63, 3.8) is 0 Å². The monoisotopic (exact) mass is 382 g/mol. The van der Waals surface area contributed by atoms with Crippen molar-refractivity contribution in [2.75, 3.05) is 38.3 Å². The van der Waals surface area contributed by atoms with E-state index < -0.39 is 34.8 Å². The van der Waals surface area contributed by atoms with Crippen molar-refractivity contribution in [2.24, 2.45) is 11.3 Å². The molecule has 2 aliphatic heterocycles. The van der Waals surface area contributed by atoms with Crippen LogP contribution in [0.15, 0.2) is 18.2 Å². The van der Waals surface area contributed by atoms with Gasteiger partial charge < -0.3 is 19.6 Å². The van der Waals surface area contributed by atoms with Crippen LogP contribution in [0.25, 0.3) is 0 Å². The van der Waals surface area contributed by atoms with Crippen LogP contribution in [0, 0.1) is 23.0 Å². The van der Waals surface area contributed by atoms with Gasteiger partial charge in [-0.2, -0.15) is 0 Å². The third kappa shape index (κ3) is 3.51. The maximum atomic E-state index is 14.0. The van der Waals surface area contributed by atoms with E-state index in [4.69, 9.17) is 4.74 Å². The van der Waals surface area contributed by atoms with E-state index >= 15 is 0 Å². The Morgan fingerprint density at radius 3 is 2.74 bits per heavy atom. The second kappa shape index (κ2) is 7.22. The third-order valence-corrected chi connectivity index (χ3v) is 5.21. The van der Waals surface area contributed by atoms with E-state index in [1.807, 2.05) is 0 Å². The second-order valence-corrected chi connectivity index (χ2v) is 7.03. The zero-order valence-corrected chi connectivity index (χ0v) is 14.8. The molecule has 2 aliphatic rings. The number of likely N-dealkylation sites (tertiary alicyclic amines) is 1. The van der Waals surface area contributed by atoms with Gasteiger partial charge in [0.2, 0.25) is 11.8 Å². The van der Waals surface area contributed by atoms with Gasteiger partial charge >= 0.3 is 5.97 Å². The fourth-order valence-corrected chi connectivity index (χ4v) is 3.76. The highest BCUT2D eigenvalue weighted by atomic mass is 19.1. The fraction of sp³-hybridized carbons (Fsp3) is 0.500. The number of nitrogens with zero attached hydrogens (tertiary/aromatic N) is 2. The first-order valence-electron chi connectivity index (χ1n) is 8.54. The number of hydrogen-bond donors (Lipinski definition) is 1. The SMILES string of the molecule is COCC1(C(=O)O)CCN(C(=O)C2CC(=O)N(c3ccc(F)cc3F)C2)C1. The minimum atomic E-state index is -1.16. The van der Waals surface area contributed by atoms with Crippen LogP contribution in [0.3, 0.4) is 0 Å². The lowest BCUT2D eigenvalue weighted by Gasteiger charge is -2.25. The zero-order valence-electron chi connectivity index (χ0n) is 14.8. The van der Waals surface area contributed by atoms with Crippen LogP contribution in [0.2, 0.25) is 0 Å². The molecule has 9 heteroatoms. The van der Waals surface area contributed by atoms with Crippen LogP contribution < -0.4 is 4.90 Å². The number of methoxy groups -OCH3 is 1. The lowest BCUT2D eigenvalue weighted by atomic mass is 9.88. The van der Waals surface area contributed by atoms with Crippen molar-refractivity contribution in [3.8, 4) is 0 Å². The number of carbonyl (C=O) groups is 3. The number of carboxylic acid groups (broad SMARTS) is 1. The molecule has 0 saturated carbocycles. The molecule has 2 saturated heterocycles. The lowest BCUT2D eigenvalue weighted by molar-refractivity contribution is -0.152. The predicted molar refractivity (Wildman–Crippen MR) is 90.0 cm³/mol. The van der Waals surface area contributed by atoms with E-state index in [-0.39, 0.29) is 50.7 Å². The van der Waals surface area contributed by atoms with E-state index in [9.17, 15) is 28.3 Å². The van der Waals surface area contributed by atoms with Crippen molar-refractivity contribution >= 4 is 23.5 Å². The average Bonchev–Trinajstić information content (AvgIpc) is 3.20. The quantitative estimate of drug-likeness (QED) is 0.829. The maximum Gasteiger partial charge on any atom is 0.313 e. The minimum absolute atomic E-state index is 0.00457. The number of carbonyl (C=O) groups excluding carboxylic acids is 2. The Morgan fingerprint density at radius 2 is 2.11 bits per heavy atom. The number of ether oxygens (including phenoxy) is 1. The molecular weight excluding hydrogens is 362 g/mol. The van der Waals surface area contributed by atoms with E-state index in [0.717, 1.165) is 11.0 Å². The summed E-state index contributed by atoms with van der Waals surface area (Å²) in [5, 5.41) is 9.49. The van der Waals surface area contributed by atoms with Crippen molar-refractivity contribution in [3.05, 3.63) is 29.8 Å². The number of halogens is 2. The summed E-state index contributed by atoms with van der Waals surface area (Å²) in [6.07, 6.45) is 0.162. The number of amides is 2. The van der Waals surface area contributed by atoms with Gasteiger partial charge in [0.1, 0.15) is 17.0 Å². The summed E-state index contributed by atoms with van der Waals surface area (Å²) in [5.74, 6) is -4.13. The van der Waals surface area contributed by atoms with Gasteiger partial charge in [0.25, 0.3) is 0 Å². The molecule has 2 fully saturated rings. The van der Waals surface area contributed by atoms with Gasteiger partial charge in [-0.15, -0.1) is 0 Å². The summed E-state index contributed by atoms with van der Waals surface area (Å²) in [6, 6.07) is 2.90. The summed E-state index contributed by atoms with van der Waals surface area (Å²) in [5.41, 5.74) is -1.23. The van der Waals surface area contributed by atoms with Gasteiger partial charge in [-0.1, -0.05) is 0 Å². The first-order valence-corrected chi connectivity index (χ1v) is 8.54. The maximum absolute atomic E-state index is 14.0. The van der Waals surface area contributed by atoms with Crippen LogP contribution in [-0.2, 0) is 19.1 Å². The number of hydrogen-bond acceptors (Lipinski definition) is 4. The van der Waals surface area contributed by atoms with E-state index in [1.54, 1.807) is 0 Å². The van der Waals surface area contributed by atoms with Crippen LogP contribution in [0.1, 0.15) is 12.8 Å². The number of aliphatic carboxylic acids is 1. The van der Waals surface area contributed by atoms with Gasteiger partial charge in [-0.25, -0.2) is 8.78 Å². The Balaban J connectivity index is 1.72. The average molecular weight is 382 g/mol.